The molecule has 0 saturated carbocycles. The van der Waals surface area contributed by atoms with Crippen LogP contribution in [0, 0.1) is 30.9 Å². The molecule has 3 aromatic rings. The van der Waals surface area contributed by atoms with Gasteiger partial charge in [0.2, 0.25) is 0 Å². The normalized spacial score (nSPS) is 11.5. The van der Waals surface area contributed by atoms with Crippen LogP contribution in [0.1, 0.15) is 5.56 Å². The molecule has 132 valence electrons. The van der Waals surface area contributed by atoms with Gasteiger partial charge in [-0.25, -0.2) is 8.78 Å². The van der Waals surface area contributed by atoms with Gasteiger partial charge < -0.3 is 9.30 Å². The maximum absolute atomic E-state index is 14.1. The summed E-state index contributed by atoms with van der Waals surface area (Å²) in [4.78, 5) is 16.3. The molecule has 0 aliphatic rings. The number of ether oxygens (including phenoxy) is 1. The van der Waals surface area contributed by atoms with Crippen LogP contribution < -0.4 is 9.54 Å². The van der Waals surface area contributed by atoms with E-state index in [0.717, 1.165) is 23.0 Å². The Balaban J connectivity index is 1.93. The van der Waals surface area contributed by atoms with E-state index in [4.69, 9.17) is 11.2 Å². The summed E-state index contributed by atoms with van der Waals surface area (Å²) in [6.07, 6.45) is 5.33. The first-order chi connectivity index (χ1) is 12.5. The number of benzene rings is 2. The first kappa shape index (κ1) is 17.8. The van der Waals surface area contributed by atoms with E-state index in [-0.39, 0.29) is 23.5 Å². The number of rotatable bonds is 4. The van der Waals surface area contributed by atoms with E-state index >= 15 is 0 Å². The van der Waals surface area contributed by atoms with Crippen LogP contribution in [0.3, 0.4) is 0 Å². The first-order valence-corrected chi connectivity index (χ1v) is 8.48. The third kappa shape index (κ3) is 3.81. The van der Waals surface area contributed by atoms with Crippen molar-refractivity contribution in [2.24, 2.45) is 4.99 Å². The van der Waals surface area contributed by atoms with Crippen molar-refractivity contribution in [3.63, 3.8) is 0 Å². The predicted octanol–water partition coefficient (Wildman–Crippen LogP) is 3.43. The minimum atomic E-state index is -0.753. The van der Waals surface area contributed by atoms with Gasteiger partial charge in [-0.05, 0) is 30.7 Å². The number of carbonyl (C=O) groups excluding carboxylic acids is 1. The van der Waals surface area contributed by atoms with Gasteiger partial charge >= 0.3 is 0 Å². The molecule has 1 aromatic heterocycles. The largest absolute Gasteiger partial charge is 0.484 e. The summed E-state index contributed by atoms with van der Waals surface area (Å²) < 4.78 is 34.7. The molecule has 1 heterocycles. The molecular weight excluding hydrogens is 358 g/mol. The lowest BCUT2D eigenvalue weighted by molar-refractivity contribution is -0.120. The fraction of sp³-hybridized carbons (Fsp3) is 0.158. The minimum absolute atomic E-state index is 0.00734. The maximum Gasteiger partial charge on any atom is 0.286 e. The Kier molecular flexibility index (Phi) is 5.14. The van der Waals surface area contributed by atoms with Gasteiger partial charge in [-0.2, -0.15) is 4.99 Å². The number of aromatic nitrogens is 1. The van der Waals surface area contributed by atoms with E-state index in [1.807, 2.05) is 19.1 Å². The summed E-state index contributed by atoms with van der Waals surface area (Å²) >= 11 is 0.989. The van der Waals surface area contributed by atoms with Gasteiger partial charge in [-0.1, -0.05) is 29.4 Å². The van der Waals surface area contributed by atoms with Crippen molar-refractivity contribution in [1.82, 2.24) is 4.57 Å². The molecule has 3 rings (SSSR count). The Hall–Kier alpha value is -2.98. The zero-order chi connectivity index (χ0) is 18.7. The molecular formula is C19H14F2N2O2S. The average molecular weight is 372 g/mol. The molecule has 0 aliphatic carbocycles. The third-order valence-electron chi connectivity index (χ3n) is 3.52. The van der Waals surface area contributed by atoms with Gasteiger partial charge in [-0.3, -0.25) is 4.79 Å². The SMILES string of the molecule is C#CCn1c(=NC(=O)COc2cccc(C)c2)sc2cc(F)cc(F)c21. The number of halogens is 2. The van der Waals surface area contributed by atoms with Crippen LogP contribution >= 0.6 is 11.3 Å². The summed E-state index contributed by atoms with van der Waals surface area (Å²) in [5.41, 5.74) is 1.13. The van der Waals surface area contributed by atoms with Gasteiger partial charge in [0.1, 0.15) is 11.6 Å². The van der Waals surface area contributed by atoms with Crippen molar-refractivity contribution in [1.29, 1.82) is 0 Å². The van der Waals surface area contributed by atoms with E-state index in [9.17, 15) is 13.6 Å². The molecule has 0 bridgehead atoms. The molecule has 0 spiro atoms. The number of terminal acetylenes is 1. The van der Waals surface area contributed by atoms with Crippen molar-refractivity contribution in [3.05, 3.63) is 58.4 Å². The second kappa shape index (κ2) is 7.50. The van der Waals surface area contributed by atoms with Gasteiger partial charge in [0.05, 0.1) is 16.8 Å². The number of hydrogen-bond donors (Lipinski definition) is 0. The van der Waals surface area contributed by atoms with E-state index in [1.165, 1.54) is 10.6 Å². The molecule has 0 fully saturated rings. The van der Waals surface area contributed by atoms with E-state index < -0.39 is 17.5 Å². The summed E-state index contributed by atoms with van der Waals surface area (Å²) in [7, 11) is 0. The molecule has 0 unspecified atom stereocenters. The van der Waals surface area contributed by atoms with Crippen LogP contribution in [0.5, 0.6) is 5.75 Å². The van der Waals surface area contributed by atoms with Crippen molar-refractivity contribution >= 4 is 27.5 Å². The molecule has 0 aliphatic heterocycles. The second-order valence-corrected chi connectivity index (χ2v) is 6.53. The number of thiazole rings is 1. The monoisotopic (exact) mass is 372 g/mol. The highest BCUT2D eigenvalue weighted by Crippen LogP contribution is 2.22. The molecule has 2 aromatic carbocycles. The molecule has 1 amide bonds. The van der Waals surface area contributed by atoms with Crippen LogP contribution in [-0.4, -0.2) is 17.1 Å². The number of carbonyl (C=O) groups is 1. The van der Waals surface area contributed by atoms with E-state index in [2.05, 4.69) is 10.9 Å². The molecule has 0 saturated heterocycles. The predicted molar refractivity (Wildman–Crippen MR) is 95.8 cm³/mol. The van der Waals surface area contributed by atoms with Crippen LogP contribution in [0.4, 0.5) is 8.78 Å². The van der Waals surface area contributed by atoms with Gasteiger partial charge in [0.15, 0.2) is 17.2 Å². The van der Waals surface area contributed by atoms with E-state index in [0.29, 0.717) is 10.4 Å². The molecule has 0 radical (unpaired) electrons. The summed E-state index contributed by atoms with van der Waals surface area (Å²) in [5, 5.41) is 0. The van der Waals surface area contributed by atoms with Gasteiger partial charge in [0, 0.05) is 6.07 Å². The number of amides is 1. The van der Waals surface area contributed by atoms with Gasteiger partial charge in [0.25, 0.3) is 5.91 Å². The molecule has 7 heteroatoms. The Labute approximate surface area is 152 Å². The topological polar surface area (TPSA) is 43.6 Å². The molecule has 4 nitrogen and oxygen atoms in total. The number of nitrogens with zero attached hydrogens (tertiary/aromatic N) is 2. The Morgan fingerprint density at radius 2 is 2.15 bits per heavy atom. The molecule has 0 atom stereocenters. The fourth-order valence-corrected chi connectivity index (χ4v) is 3.53. The van der Waals surface area contributed by atoms with Crippen molar-refractivity contribution in [2.45, 2.75) is 13.5 Å². The zero-order valence-corrected chi connectivity index (χ0v) is 14.6. The standard InChI is InChI=1S/C19H14F2N2O2S/c1-3-7-23-18-15(21)9-13(20)10-16(18)26-19(23)22-17(24)11-25-14-6-4-5-12(2)8-14/h1,4-6,8-10H,7,11H2,2H3. The first-order valence-electron chi connectivity index (χ1n) is 7.67. The third-order valence-corrected chi connectivity index (χ3v) is 4.54. The maximum atomic E-state index is 14.1. The summed E-state index contributed by atoms with van der Waals surface area (Å²) in [5.74, 6) is 0.931. The van der Waals surface area contributed by atoms with Crippen molar-refractivity contribution < 1.29 is 18.3 Å². The minimum Gasteiger partial charge on any atom is -0.484 e. The Morgan fingerprint density at radius 3 is 2.88 bits per heavy atom. The molecule has 26 heavy (non-hydrogen) atoms. The molecule has 0 N–H and O–H groups in total. The Morgan fingerprint density at radius 1 is 1.35 bits per heavy atom. The number of aryl methyl sites for hydroxylation is 1. The highest BCUT2D eigenvalue weighted by molar-refractivity contribution is 7.16. The lowest BCUT2D eigenvalue weighted by Crippen LogP contribution is -2.19. The lowest BCUT2D eigenvalue weighted by atomic mass is 10.2. The van der Waals surface area contributed by atoms with Crippen LogP contribution in [0.2, 0.25) is 0 Å². The fourth-order valence-electron chi connectivity index (χ4n) is 2.44. The average Bonchev–Trinajstić information content (AvgIpc) is 2.91. The quantitative estimate of drug-likeness (QED) is 0.659. The van der Waals surface area contributed by atoms with Crippen LogP contribution in [-0.2, 0) is 11.3 Å². The lowest BCUT2D eigenvalue weighted by Gasteiger charge is -2.04. The van der Waals surface area contributed by atoms with Crippen molar-refractivity contribution in [3.8, 4) is 18.1 Å². The number of hydrogen-bond acceptors (Lipinski definition) is 3. The highest BCUT2D eigenvalue weighted by atomic mass is 32.1. The van der Waals surface area contributed by atoms with Crippen LogP contribution in [0.25, 0.3) is 10.2 Å². The zero-order valence-electron chi connectivity index (χ0n) is 13.8. The van der Waals surface area contributed by atoms with Crippen LogP contribution in [0.15, 0.2) is 41.4 Å². The summed E-state index contributed by atoms with van der Waals surface area (Å²) in [6.45, 7) is 1.64. The number of fused-ring (bicyclic) bond motifs is 1. The Bertz CT molecular complexity index is 1090. The smallest absolute Gasteiger partial charge is 0.286 e. The second-order valence-electron chi connectivity index (χ2n) is 5.52. The van der Waals surface area contributed by atoms with Crippen molar-refractivity contribution in [2.75, 3.05) is 6.61 Å². The highest BCUT2D eigenvalue weighted by Gasteiger charge is 2.13. The summed E-state index contributed by atoms with van der Waals surface area (Å²) in [6, 6.07) is 9.21. The van der Waals surface area contributed by atoms with E-state index in [1.54, 1.807) is 12.1 Å². The van der Waals surface area contributed by atoms with Gasteiger partial charge in [-0.15, -0.1) is 6.42 Å².